The Kier molecular flexibility index (Phi) is 23.0. The minimum absolute atomic E-state index is 0.0506. The van der Waals surface area contributed by atoms with Gasteiger partial charge in [-0.3, -0.25) is 28.8 Å². The van der Waals surface area contributed by atoms with Crippen molar-refractivity contribution in [2.24, 2.45) is 22.7 Å². The van der Waals surface area contributed by atoms with E-state index >= 15 is 0 Å². The molecule has 368 valence electrons. The smallest absolute Gasteiger partial charge is 0.329 e. The number of carbonyl (C=O) groups is 8. The molecule has 0 spiro atoms. The van der Waals surface area contributed by atoms with Gasteiger partial charge in [-0.1, -0.05) is 75.3 Å². The molecule has 16 nitrogen and oxygen atoms in total. The van der Waals surface area contributed by atoms with Crippen molar-refractivity contribution in [1.82, 2.24) is 30.4 Å². The van der Waals surface area contributed by atoms with Gasteiger partial charge in [0.1, 0.15) is 22.1 Å². The van der Waals surface area contributed by atoms with Gasteiger partial charge in [0.05, 0.1) is 6.61 Å². The van der Waals surface area contributed by atoms with Gasteiger partial charge in [0.25, 0.3) is 17.7 Å². The zero-order chi connectivity index (χ0) is 49.0. The van der Waals surface area contributed by atoms with Gasteiger partial charge in [0, 0.05) is 67.3 Å². The molecule has 2 aliphatic heterocycles. The van der Waals surface area contributed by atoms with Crippen molar-refractivity contribution in [2.75, 3.05) is 50.9 Å². The Morgan fingerprint density at radius 3 is 1.99 bits per heavy atom. The predicted octanol–water partition coefficient (Wildman–Crippen LogP) is 6.37. The van der Waals surface area contributed by atoms with Crippen LogP contribution in [0.1, 0.15) is 99.3 Å². The largest absolute Gasteiger partial charge is 0.464 e. The molecule has 0 saturated carbocycles. The fourth-order valence-corrected chi connectivity index (χ4v) is 11.3. The number of nitrogens with one attached hydrogen (secondary N) is 2. The number of ether oxygens (including phenoxy) is 2. The van der Waals surface area contributed by atoms with Crippen LogP contribution in [0.15, 0.2) is 58.8 Å². The molecule has 0 aliphatic carbocycles. The summed E-state index contributed by atoms with van der Waals surface area (Å²) in [5.41, 5.74) is -2.23. The number of likely N-dealkylation sites (tertiary alicyclic amines) is 2. The van der Waals surface area contributed by atoms with Gasteiger partial charge in [0.15, 0.2) is 6.61 Å². The summed E-state index contributed by atoms with van der Waals surface area (Å²) in [4.78, 5) is 119. The number of nitrogens with zero attached hydrogens (tertiary/aromatic N) is 4. The van der Waals surface area contributed by atoms with Gasteiger partial charge in [-0.2, -0.15) is 0 Å². The average Bonchev–Trinajstić information content (AvgIpc) is 3.34. The normalized spacial score (nSPS) is 18.0. The topological polar surface area (TPSA) is 211 Å². The third-order valence-corrected chi connectivity index (χ3v) is 17.1. The molecule has 4 heterocycles. The Hall–Kier alpha value is -4.14. The first-order valence-corrected chi connectivity index (χ1v) is 27.6. The number of aromatic nitrogens is 2. The van der Waals surface area contributed by atoms with Crippen molar-refractivity contribution in [3.8, 4) is 0 Å². The van der Waals surface area contributed by atoms with Gasteiger partial charge in [-0.25, -0.2) is 19.6 Å². The first kappa shape index (κ1) is 55.5. The summed E-state index contributed by atoms with van der Waals surface area (Å²) in [6, 6.07) is 9.16. The molecule has 2 N–H and O–H groups in total. The number of rotatable bonds is 26. The van der Waals surface area contributed by atoms with Crippen LogP contribution in [0.5, 0.6) is 0 Å². The molecule has 2 unspecified atom stereocenters. The van der Waals surface area contributed by atoms with E-state index in [2.05, 4.69) is 20.6 Å². The third-order valence-electron chi connectivity index (χ3n) is 12.5. The minimum Gasteiger partial charge on any atom is -0.464 e. The van der Waals surface area contributed by atoms with Crippen LogP contribution in [0.3, 0.4) is 0 Å². The summed E-state index contributed by atoms with van der Waals surface area (Å²) in [6.45, 7) is 10.8. The summed E-state index contributed by atoms with van der Waals surface area (Å²) in [7, 11) is 6.23. The van der Waals surface area contributed by atoms with E-state index in [9.17, 15) is 38.4 Å². The number of amides is 4. The highest BCUT2D eigenvalue weighted by molar-refractivity contribution is 8.77. The summed E-state index contributed by atoms with van der Waals surface area (Å²) < 4.78 is 11.0. The maximum atomic E-state index is 14.2. The second-order valence-corrected chi connectivity index (χ2v) is 22.7. The van der Waals surface area contributed by atoms with Crippen LogP contribution in [0.2, 0.25) is 0 Å². The quantitative estimate of drug-likeness (QED) is 0.0454. The molecule has 2 saturated heterocycles. The monoisotopic (exact) mass is 1000 g/mol. The number of piperidine rings is 2. The van der Waals surface area contributed by atoms with E-state index in [4.69, 9.17) is 9.47 Å². The summed E-state index contributed by atoms with van der Waals surface area (Å²) in [5.74, 6) is -4.50. The molecular weight excluding hydrogens is 937 g/mol. The highest BCUT2D eigenvalue weighted by atomic mass is 33.1. The Morgan fingerprint density at radius 2 is 1.34 bits per heavy atom. The number of pyridine rings is 2. The Bertz CT molecular complexity index is 2000. The fraction of sp³-hybridized carbons (Fsp3) is 0.617. The van der Waals surface area contributed by atoms with Crippen LogP contribution in [0.25, 0.3) is 0 Å². The van der Waals surface area contributed by atoms with Crippen molar-refractivity contribution in [3.63, 3.8) is 0 Å². The van der Waals surface area contributed by atoms with Gasteiger partial charge in [-0.05, 0) is 109 Å². The zero-order valence-electron chi connectivity index (χ0n) is 39.5. The van der Waals surface area contributed by atoms with Crippen LogP contribution in [0.4, 0.5) is 0 Å². The standard InChI is InChI=1S/C47H66N6O10S4/c1-7-46(3,4)40(56)42(58)53-26-20-33(30-35(53)45(61)62-27-14-17-36(54)48-23-15-28-64-66-38-18-8-11-21-50-38)32(2)47(5,6)41(57)43(59)52-25-13-10-16-34(52)44(60)63-31-37(55)49-24-29-65-67-39-19-9-12-22-51-39/h8-9,11-12,18-19,21-22,32-35H,7,10,13-17,20,23-31H2,1-6H3,(H,48,54)(H,49,55)/t32?,33?,34-,35-/m0/s1. The molecule has 0 aromatic carbocycles. The zero-order valence-corrected chi connectivity index (χ0v) is 42.7. The maximum absolute atomic E-state index is 14.2. The van der Waals surface area contributed by atoms with E-state index < -0.39 is 76.7 Å². The number of ketones is 2. The lowest BCUT2D eigenvalue weighted by molar-refractivity contribution is -0.164. The van der Waals surface area contributed by atoms with Crippen molar-refractivity contribution in [2.45, 2.75) is 121 Å². The highest BCUT2D eigenvalue weighted by Crippen LogP contribution is 2.41. The molecule has 2 aliphatic rings. The molecule has 20 heteroatoms. The summed E-state index contributed by atoms with van der Waals surface area (Å²) >= 11 is 0. The van der Waals surface area contributed by atoms with Crippen LogP contribution in [-0.4, -0.2) is 130 Å². The van der Waals surface area contributed by atoms with E-state index in [1.54, 1.807) is 61.7 Å². The van der Waals surface area contributed by atoms with E-state index in [0.29, 0.717) is 44.5 Å². The molecule has 67 heavy (non-hydrogen) atoms. The molecule has 0 radical (unpaired) electrons. The number of esters is 2. The molecule has 4 atom stereocenters. The third kappa shape index (κ3) is 17.1. The molecule has 2 aromatic rings. The Labute approximate surface area is 410 Å². The summed E-state index contributed by atoms with van der Waals surface area (Å²) in [5, 5.41) is 7.37. The highest BCUT2D eigenvalue weighted by Gasteiger charge is 2.49. The van der Waals surface area contributed by atoms with E-state index in [1.165, 1.54) is 31.4 Å². The van der Waals surface area contributed by atoms with Crippen molar-refractivity contribution in [3.05, 3.63) is 48.8 Å². The van der Waals surface area contributed by atoms with Crippen LogP contribution in [0, 0.1) is 22.7 Å². The van der Waals surface area contributed by atoms with Crippen LogP contribution < -0.4 is 10.6 Å². The Morgan fingerprint density at radius 1 is 0.731 bits per heavy atom. The van der Waals surface area contributed by atoms with Crippen molar-refractivity contribution < 1.29 is 47.8 Å². The second kappa shape index (κ2) is 27.8. The molecular formula is C47H66N6O10S4. The van der Waals surface area contributed by atoms with E-state index in [1.807, 2.05) is 50.2 Å². The second-order valence-electron chi connectivity index (χ2n) is 17.8. The van der Waals surface area contributed by atoms with Gasteiger partial charge < -0.3 is 29.9 Å². The molecule has 4 amide bonds. The number of hydrogen-bond donors (Lipinski definition) is 2. The fourth-order valence-electron chi connectivity index (χ4n) is 7.58. The molecule has 4 rings (SSSR count). The first-order chi connectivity index (χ1) is 32.0. The molecule has 0 bridgehead atoms. The lowest BCUT2D eigenvalue weighted by atomic mass is 9.66. The number of hydrogen-bond acceptors (Lipinski definition) is 16. The van der Waals surface area contributed by atoms with Crippen LogP contribution >= 0.6 is 43.2 Å². The predicted molar refractivity (Wildman–Crippen MR) is 262 cm³/mol. The average molecular weight is 1000 g/mol. The van der Waals surface area contributed by atoms with Gasteiger partial charge in [-0.15, -0.1) is 0 Å². The Balaban J connectivity index is 1.30. The minimum atomic E-state index is -1.27. The van der Waals surface area contributed by atoms with Gasteiger partial charge in [0.2, 0.25) is 17.5 Å². The lowest BCUT2D eigenvalue weighted by Gasteiger charge is -2.44. The van der Waals surface area contributed by atoms with Crippen molar-refractivity contribution in [1.29, 1.82) is 0 Å². The molecule has 2 fully saturated rings. The molecule has 2 aromatic heterocycles. The van der Waals surface area contributed by atoms with E-state index in [0.717, 1.165) is 22.2 Å². The SMILES string of the molecule is CCC(C)(C)C(=O)C(=O)N1CCC(C(C)C(C)(C)C(=O)C(=O)N2CCCC[C@H]2C(=O)OCC(=O)NCCSSc2ccccn2)C[C@H]1C(=O)OCCCC(=O)NCCCSSc1ccccn1. The maximum Gasteiger partial charge on any atom is 0.329 e. The van der Waals surface area contributed by atoms with Crippen molar-refractivity contribution >= 4 is 90.3 Å². The lowest BCUT2D eigenvalue weighted by Crippen LogP contribution is -2.57. The number of Topliss-reactive ketones (excluding diaryl/α,β-unsaturated/α-hetero) is 2. The van der Waals surface area contributed by atoms with Crippen LogP contribution in [-0.2, 0) is 47.8 Å². The van der Waals surface area contributed by atoms with E-state index in [-0.39, 0.29) is 57.2 Å². The summed E-state index contributed by atoms with van der Waals surface area (Å²) in [6.07, 6.45) is 6.91. The number of carbonyl (C=O) groups excluding carboxylic acids is 8. The first-order valence-electron chi connectivity index (χ1n) is 23.0. The van der Waals surface area contributed by atoms with Gasteiger partial charge >= 0.3 is 11.9 Å².